The Balaban J connectivity index is 1.73. The van der Waals surface area contributed by atoms with Crippen LogP contribution in [0.1, 0.15) is 41.7 Å². The Hall–Kier alpha value is -1.95. The summed E-state index contributed by atoms with van der Waals surface area (Å²) in [7, 11) is 0. The largest absolute Gasteiger partial charge is 0.393 e. The predicted octanol–water partition coefficient (Wildman–Crippen LogP) is 1.56. The number of aliphatic hydroxyl groups excluding tert-OH is 1. The molecule has 1 aliphatic carbocycles. The van der Waals surface area contributed by atoms with Crippen LogP contribution in [-0.4, -0.2) is 33.3 Å². The minimum atomic E-state index is -0.221. The van der Waals surface area contributed by atoms with Crippen molar-refractivity contribution in [3.8, 4) is 0 Å². The van der Waals surface area contributed by atoms with Gasteiger partial charge in [-0.25, -0.2) is 4.98 Å². The molecule has 6 nitrogen and oxygen atoms in total. The van der Waals surface area contributed by atoms with E-state index in [1.54, 1.807) is 6.07 Å². The predicted molar refractivity (Wildman–Crippen MR) is 72.3 cm³/mol. The van der Waals surface area contributed by atoms with E-state index in [0.717, 1.165) is 36.8 Å². The molecule has 1 amide bonds. The van der Waals surface area contributed by atoms with Crippen molar-refractivity contribution in [1.82, 2.24) is 15.5 Å². The molecule has 0 bridgehead atoms. The minimum Gasteiger partial charge on any atom is -0.393 e. The number of aromatic nitrogens is 2. The number of carbonyl (C=O) groups is 1. The van der Waals surface area contributed by atoms with Crippen LogP contribution < -0.4 is 5.32 Å². The van der Waals surface area contributed by atoms with Gasteiger partial charge in [0.1, 0.15) is 0 Å². The molecule has 0 atom stereocenters. The summed E-state index contributed by atoms with van der Waals surface area (Å²) < 4.78 is 5.02. The third kappa shape index (κ3) is 2.51. The molecule has 2 N–H and O–H groups in total. The maximum atomic E-state index is 12.2. The summed E-state index contributed by atoms with van der Waals surface area (Å²) in [4.78, 5) is 16.3. The first-order valence-corrected chi connectivity index (χ1v) is 6.84. The lowest BCUT2D eigenvalue weighted by Gasteiger charge is -2.26. The van der Waals surface area contributed by atoms with Crippen LogP contribution in [0.25, 0.3) is 11.1 Å². The van der Waals surface area contributed by atoms with Gasteiger partial charge in [-0.3, -0.25) is 4.79 Å². The third-order valence-corrected chi connectivity index (χ3v) is 3.80. The first kappa shape index (κ1) is 13.1. The summed E-state index contributed by atoms with van der Waals surface area (Å²) in [6.45, 7) is 1.82. The smallest absolute Gasteiger partial charge is 0.257 e. The van der Waals surface area contributed by atoms with Crippen molar-refractivity contribution in [2.75, 3.05) is 0 Å². The summed E-state index contributed by atoms with van der Waals surface area (Å²) in [5, 5.41) is 17.0. The molecule has 1 saturated carbocycles. The number of hydrogen-bond donors (Lipinski definition) is 2. The number of aliphatic hydroxyl groups is 1. The molecule has 1 fully saturated rings. The summed E-state index contributed by atoms with van der Waals surface area (Å²) in [5.41, 5.74) is 1.68. The molecule has 6 heteroatoms. The van der Waals surface area contributed by atoms with E-state index in [1.165, 1.54) is 6.20 Å². The van der Waals surface area contributed by atoms with E-state index in [2.05, 4.69) is 15.5 Å². The fourth-order valence-corrected chi connectivity index (χ4v) is 2.56. The maximum absolute atomic E-state index is 12.2. The van der Waals surface area contributed by atoms with Crippen LogP contribution >= 0.6 is 0 Å². The van der Waals surface area contributed by atoms with Gasteiger partial charge in [-0.05, 0) is 38.7 Å². The highest BCUT2D eigenvalue weighted by atomic mass is 16.5. The Morgan fingerprint density at radius 2 is 2.15 bits per heavy atom. The van der Waals surface area contributed by atoms with Crippen molar-refractivity contribution >= 4 is 17.0 Å². The monoisotopic (exact) mass is 275 g/mol. The van der Waals surface area contributed by atoms with Crippen LogP contribution in [0.2, 0.25) is 0 Å². The number of pyridine rings is 1. The standard InChI is InChI=1S/C14H17N3O3/c1-8-12-6-9(7-15-14(12)20-17-8)13(19)16-10-2-4-11(18)5-3-10/h6-7,10-11,18H,2-5H2,1H3,(H,16,19). The van der Waals surface area contributed by atoms with Crippen LogP contribution in [0.5, 0.6) is 0 Å². The number of nitrogens with zero attached hydrogens (tertiary/aromatic N) is 2. The summed E-state index contributed by atoms with van der Waals surface area (Å²) in [5.74, 6) is -0.138. The van der Waals surface area contributed by atoms with Gasteiger partial charge in [-0.1, -0.05) is 5.16 Å². The van der Waals surface area contributed by atoms with E-state index in [4.69, 9.17) is 4.52 Å². The second-order valence-corrected chi connectivity index (χ2v) is 5.32. The average molecular weight is 275 g/mol. The first-order chi connectivity index (χ1) is 9.63. The van der Waals surface area contributed by atoms with Crippen molar-refractivity contribution in [3.05, 3.63) is 23.5 Å². The van der Waals surface area contributed by atoms with E-state index in [9.17, 15) is 9.90 Å². The van der Waals surface area contributed by atoms with Gasteiger partial charge in [0.15, 0.2) is 0 Å². The lowest BCUT2D eigenvalue weighted by atomic mass is 9.93. The van der Waals surface area contributed by atoms with Gasteiger partial charge >= 0.3 is 0 Å². The fourth-order valence-electron chi connectivity index (χ4n) is 2.56. The van der Waals surface area contributed by atoms with E-state index in [1.807, 2.05) is 6.92 Å². The van der Waals surface area contributed by atoms with Crippen molar-refractivity contribution in [2.24, 2.45) is 0 Å². The number of aryl methyl sites for hydroxylation is 1. The van der Waals surface area contributed by atoms with Gasteiger partial charge in [0.25, 0.3) is 11.6 Å². The Morgan fingerprint density at radius 3 is 2.90 bits per heavy atom. The molecule has 3 rings (SSSR count). The zero-order chi connectivity index (χ0) is 14.1. The number of fused-ring (bicyclic) bond motifs is 1. The second-order valence-electron chi connectivity index (χ2n) is 5.32. The molecular weight excluding hydrogens is 258 g/mol. The van der Waals surface area contributed by atoms with E-state index < -0.39 is 0 Å². The molecule has 0 aromatic carbocycles. The highest BCUT2D eigenvalue weighted by molar-refractivity contribution is 5.97. The quantitative estimate of drug-likeness (QED) is 0.868. The van der Waals surface area contributed by atoms with E-state index in [0.29, 0.717) is 11.3 Å². The molecule has 2 heterocycles. The van der Waals surface area contributed by atoms with Crippen LogP contribution in [0, 0.1) is 6.92 Å². The molecule has 0 unspecified atom stereocenters. The molecule has 1 aliphatic rings. The van der Waals surface area contributed by atoms with E-state index >= 15 is 0 Å². The van der Waals surface area contributed by atoms with E-state index in [-0.39, 0.29) is 18.1 Å². The van der Waals surface area contributed by atoms with Crippen molar-refractivity contribution in [2.45, 2.75) is 44.8 Å². The van der Waals surface area contributed by atoms with Crippen molar-refractivity contribution < 1.29 is 14.4 Å². The van der Waals surface area contributed by atoms with Gasteiger partial charge in [-0.2, -0.15) is 0 Å². The topological polar surface area (TPSA) is 88.2 Å². The molecule has 2 aromatic rings. The molecule has 0 aliphatic heterocycles. The maximum Gasteiger partial charge on any atom is 0.257 e. The summed E-state index contributed by atoms with van der Waals surface area (Å²) in [6, 6.07) is 1.88. The van der Waals surface area contributed by atoms with Gasteiger partial charge in [0, 0.05) is 12.2 Å². The number of rotatable bonds is 2. The first-order valence-electron chi connectivity index (χ1n) is 6.84. The van der Waals surface area contributed by atoms with Crippen LogP contribution in [0.15, 0.2) is 16.8 Å². The summed E-state index contributed by atoms with van der Waals surface area (Å²) >= 11 is 0. The van der Waals surface area contributed by atoms with Gasteiger partial charge in [0.2, 0.25) is 0 Å². The lowest BCUT2D eigenvalue weighted by molar-refractivity contribution is 0.0867. The Bertz CT molecular complexity index is 630. The van der Waals surface area contributed by atoms with Gasteiger partial charge in [0.05, 0.1) is 22.7 Å². The summed E-state index contributed by atoms with van der Waals surface area (Å²) in [6.07, 6.45) is 4.39. The van der Waals surface area contributed by atoms with Crippen molar-refractivity contribution in [1.29, 1.82) is 0 Å². The third-order valence-electron chi connectivity index (χ3n) is 3.80. The van der Waals surface area contributed by atoms with Crippen LogP contribution in [0.4, 0.5) is 0 Å². The normalized spacial score (nSPS) is 22.9. The highest BCUT2D eigenvalue weighted by Gasteiger charge is 2.21. The van der Waals surface area contributed by atoms with Gasteiger partial charge < -0.3 is 14.9 Å². The SMILES string of the molecule is Cc1noc2ncc(C(=O)NC3CCC(O)CC3)cc12. The van der Waals surface area contributed by atoms with Gasteiger partial charge in [-0.15, -0.1) is 0 Å². The zero-order valence-electron chi connectivity index (χ0n) is 11.3. The molecule has 2 aromatic heterocycles. The molecule has 0 saturated heterocycles. The van der Waals surface area contributed by atoms with Crippen molar-refractivity contribution in [3.63, 3.8) is 0 Å². The fraction of sp³-hybridized carbons (Fsp3) is 0.500. The Kier molecular flexibility index (Phi) is 3.40. The number of amides is 1. The molecule has 0 radical (unpaired) electrons. The second kappa shape index (κ2) is 5.20. The highest BCUT2D eigenvalue weighted by Crippen LogP contribution is 2.20. The molecule has 106 valence electrons. The Morgan fingerprint density at radius 1 is 1.40 bits per heavy atom. The average Bonchev–Trinajstić information content (AvgIpc) is 2.82. The number of hydrogen-bond acceptors (Lipinski definition) is 5. The lowest BCUT2D eigenvalue weighted by Crippen LogP contribution is -2.38. The Labute approximate surface area is 116 Å². The number of carbonyl (C=O) groups excluding carboxylic acids is 1. The van der Waals surface area contributed by atoms with Crippen LogP contribution in [-0.2, 0) is 0 Å². The number of nitrogens with one attached hydrogen (secondary N) is 1. The zero-order valence-corrected chi connectivity index (χ0v) is 11.3. The van der Waals surface area contributed by atoms with Crippen LogP contribution in [0.3, 0.4) is 0 Å². The molecular formula is C14H17N3O3. The minimum absolute atomic E-state index is 0.130. The molecule has 0 spiro atoms. The molecule has 20 heavy (non-hydrogen) atoms.